The van der Waals surface area contributed by atoms with Gasteiger partial charge < -0.3 is 9.84 Å². The summed E-state index contributed by atoms with van der Waals surface area (Å²) in [7, 11) is 1.76. The number of likely N-dealkylation sites (tertiary alicyclic amines) is 2. The van der Waals surface area contributed by atoms with E-state index < -0.39 is 5.97 Å². The number of ether oxygens (including phenoxy) is 1. The van der Waals surface area contributed by atoms with Gasteiger partial charge in [-0.25, -0.2) is 0 Å². The highest BCUT2D eigenvalue weighted by Crippen LogP contribution is 2.27. The molecule has 2 saturated heterocycles. The first-order valence-electron chi connectivity index (χ1n) is 7.80. The third-order valence-corrected chi connectivity index (χ3v) is 5.17. The van der Waals surface area contributed by atoms with Crippen LogP contribution in [0.25, 0.3) is 0 Å². The Morgan fingerprint density at radius 2 is 1.85 bits per heavy atom. The van der Waals surface area contributed by atoms with Crippen molar-refractivity contribution in [1.29, 1.82) is 0 Å². The molecule has 2 fully saturated rings. The van der Waals surface area contributed by atoms with Crippen LogP contribution in [0.1, 0.15) is 39.5 Å². The van der Waals surface area contributed by atoms with Crippen LogP contribution < -0.4 is 0 Å². The molecule has 116 valence electrons. The highest BCUT2D eigenvalue weighted by atomic mass is 16.5. The lowest BCUT2D eigenvalue weighted by Crippen LogP contribution is -2.52. The van der Waals surface area contributed by atoms with Crippen LogP contribution in [0.2, 0.25) is 0 Å². The highest BCUT2D eigenvalue weighted by Gasteiger charge is 2.37. The summed E-state index contributed by atoms with van der Waals surface area (Å²) in [5.41, 5.74) is 0. The van der Waals surface area contributed by atoms with Gasteiger partial charge in [0.05, 0.1) is 6.10 Å². The molecule has 2 aliphatic rings. The summed E-state index contributed by atoms with van der Waals surface area (Å²) in [6.45, 7) is 7.36. The van der Waals surface area contributed by atoms with Gasteiger partial charge in [0.2, 0.25) is 0 Å². The number of nitrogens with zero attached hydrogens (tertiary/aromatic N) is 2. The number of piperidine rings is 1. The van der Waals surface area contributed by atoms with E-state index in [1.165, 1.54) is 0 Å². The van der Waals surface area contributed by atoms with Crippen molar-refractivity contribution in [3.05, 3.63) is 0 Å². The van der Waals surface area contributed by atoms with Crippen LogP contribution >= 0.6 is 0 Å². The van der Waals surface area contributed by atoms with Crippen LogP contribution in [0.4, 0.5) is 0 Å². The van der Waals surface area contributed by atoms with E-state index in [-0.39, 0.29) is 12.1 Å². The lowest BCUT2D eigenvalue weighted by molar-refractivity contribution is -0.143. The van der Waals surface area contributed by atoms with E-state index in [0.29, 0.717) is 12.1 Å². The zero-order chi connectivity index (χ0) is 14.7. The average molecular weight is 284 g/mol. The van der Waals surface area contributed by atoms with Gasteiger partial charge in [-0.15, -0.1) is 0 Å². The lowest BCUT2D eigenvalue weighted by Gasteiger charge is -2.41. The number of rotatable bonds is 5. The second kappa shape index (κ2) is 6.87. The van der Waals surface area contributed by atoms with Gasteiger partial charge in [0.1, 0.15) is 6.04 Å². The number of carboxylic acid groups (broad SMARTS) is 1. The Bertz CT molecular complexity index is 329. The minimum absolute atomic E-state index is 0.241. The Labute approximate surface area is 121 Å². The van der Waals surface area contributed by atoms with E-state index in [0.717, 1.165) is 45.3 Å². The van der Waals surface area contributed by atoms with Crippen LogP contribution in [0.3, 0.4) is 0 Å². The molecular formula is C15H28N2O3. The first-order valence-corrected chi connectivity index (χ1v) is 7.80. The standard InChI is InChI=1S/C15H28N2O3/c1-11(12(2)20-3)16-9-6-13(7-10-16)17-8-4-5-14(17)15(18)19/h11-14H,4-10H2,1-3H3,(H,18,19). The molecule has 0 bridgehead atoms. The molecule has 1 N–H and O–H groups in total. The number of hydrogen-bond acceptors (Lipinski definition) is 4. The molecule has 0 spiro atoms. The molecule has 3 unspecified atom stereocenters. The maximum atomic E-state index is 11.3. The fourth-order valence-corrected chi connectivity index (χ4v) is 3.61. The van der Waals surface area contributed by atoms with Gasteiger partial charge in [-0.1, -0.05) is 0 Å². The highest BCUT2D eigenvalue weighted by molar-refractivity contribution is 5.73. The van der Waals surface area contributed by atoms with E-state index in [4.69, 9.17) is 4.74 Å². The van der Waals surface area contributed by atoms with Gasteiger partial charge in [-0.05, 0) is 46.1 Å². The van der Waals surface area contributed by atoms with Crippen LogP contribution in [-0.2, 0) is 9.53 Å². The Hall–Kier alpha value is -0.650. The molecule has 20 heavy (non-hydrogen) atoms. The fraction of sp³-hybridized carbons (Fsp3) is 0.933. The van der Waals surface area contributed by atoms with Crippen molar-refractivity contribution in [2.24, 2.45) is 0 Å². The Kier molecular flexibility index (Phi) is 5.41. The first-order chi connectivity index (χ1) is 9.54. The summed E-state index contributed by atoms with van der Waals surface area (Å²) in [5, 5.41) is 9.29. The number of carbonyl (C=O) groups is 1. The van der Waals surface area contributed by atoms with E-state index >= 15 is 0 Å². The van der Waals surface area contributed by atoms with Crippen molar-refractivity contribution in [3.8, 4) is 0 Å². The molecule has 5 nitrogen and oxygen atoms in total. The van der Waals surface area contributed by atoms with Crippen molar-refractivity contribution in [2.75, 3.05) is 26.7 Å². The zero-order valence-electron chi connectivity index (χ0n) is 12.9. The van der Waals surface area contributed by atoms with Gasteiger partial charge in [-0.3, -0.25) is 14.6 Å². The lowest BCUT2D eigenvalue weighted by atomic mass is 9.99. The van der Waals surface area contributed by atoms with Crippen molar-refractivity contribution in [1.82, 2.24) is 9.80 Å². The van der Waals surface area contributed by atoms with Crippen LogP contribution in [0.5, 0.6) is 0 Å². The summed E-state index contributed by atoms with van der Waals surface area (Å²) in [6, 6.07) is 0.622. The van der Waals surface area contributed by atoms with E-state index in [2.05, 4.69) is 23.6 Å². The zero-order valence-corrected chi connectivity index (χ0v) is 12.9. The second-order valence-corrected chi connectivity index (χ2v) is 6.18. The fourth-order valence-electron chi connectivity index (χ4n) is 3.61. The van der Waals surface area contributed by atoms with Gasteiger partial charge in [0, 0.05) is 32.3 Å². The smallest absolute Gasteiger partial charge is 0.320 e. The van der Waals surface area contributed by atoms with Crippen LogP contribution in [-0.4, -0.2) is 71.8 Å². The Morgan fingerprint density at radius 1 is 1.20 bits per heavy atom. The molecule has 0 saturated carbocycles. The van der Waals surface area contributed by atoms with Crippen molar-refractivity contribution >= 4 is 5.97 Å². The predicted molar refractivity (Wildman–Crippen MR) is 77.9 cm³/mol. The monoisotopic (exact) mass is 284 g/mol. The molecule has 0 aliphatic carbocycles. The van der Waals surface area contributed by atoms with Crippen LogP contribution in [0, 0.1) is 0 Å². The molecule has 0 aromatic heterocycles. The minimum atomic E-state index is -0.647. The van der Waals surface area contributed by atoms with Gasteiger partial charge in [0.25, 0.3) is 0 Å². The van der Waals surface area contributed by atoms with Crippen LogP contribution in [0.15, 0.2) is 0 Å². The summed E-state index contributed by atoms with van der Waals surface area (Å²) >= 11 is 0. The molecule has 0 aromatic carbocycles. The van der Waals surface area contributed by atoms with E-state index in [9.17, 15) is 9.90 Å². The SMILES string of the molecule is COC(C)C(C)N1CCC(N2CCCC2C(=O)O)CC1. The van der Waals surface area contributed by atoms with Gasteiger partial charge >= 0.3 is 5.97 Å². The number of methoxy groups -OCH3 is 1. The molecule has 2 rings (SSSR count). The van der Waals surface area contributed by atoms with E-state index in [1.54, 1.807) is 7.11 Å². The van der Waals surface area contributed by atoms with E-state index in [1.807, 2.05) is 0 Å². The number of hydrogen-bond donors (Lipinski definition) is 1. The summed E-state index contributed by atoms with van der Waals surface area (Å²) in [6.07, 6.45) is 4.22. The Balaban J connectivity index is 1.86. The molecule has 5 heteroatoms. The molecule has 0 aromatic rings. The van der Waals surface area contributed by atoms with Crippen molar-refractivity contribution in [2.45, 2.75) is 63.8 Å². The maximum Gasteiger partial charge on any atom is 0.320 e. The summed E-state index contributed by atoms with van der Waals surface area (Å²) < 4.78 is 5.41. The third kappa shape index (κ3) is 3.32. The maximum absolute atomic E-state index is 11.3. The summed E-state index contributed by atoms with van der Waals surface area (Å²) in [4.78, 5) is 16.0. The molecule has 3 atom stereocenters. The van der Waals surface area contributed by atoms with Gasteiger partial charge in [-0.2, -0.15) is 0 Å². The topological polar surface area (TPSA) is 53.0 Å². The minimum Gasteiger partial charge on any atom is -0.480 e. The molecule has 0 amide bonds. The average Bonchev–Trinajstić information content (AvgIpc) is 2.95. The molecular weight excluding hydrogens is 256 g/mol. The molecule has 2 heterocycles. The summed E-state index contributed by atoms with van der Waals surface area (Å²) in [5.74, 6) is -0.647. The van der Waals surface area contributed by atoms with Crippen molar-refractivity contribution < 1.29 is 14.6 Å². The molecule has 0 radical (unpaired) electrons. The Morgan fingerprint density at radius 3 is 2.40 bits per heavy atom. The van der Waals surface area contributed by atoms with Crippen molar-refractivity contribution in [3.63, 3.8) is 0 Å². The number of aliphatic carboxylic acids is 1. The van der Waals surface area contributed by atoms with Gasteiger partial charge in [0.15, 0.2) is 0 Å². The predicted octanol–water partition coefficient (Wildman–Crippen LogP) is 1.42. The largest absolute Gasteiger partial charge is 0.480 e. The quantitative estimate of drug-likeness (QED) is 0.827. The second-order valence-electron chi connectivity index (χ2n) is 6.18. The third-order valence-electron chi connectivity index (χ3n) is 5.17. The number of carboxylic acids is 1. The first kappa shape index (κ1) is 15.7. The normalized spacial score (nSPS) is 29.4. The molecule has 2 aliphatic heterocycles.